The van der Waals surface area contributed by atoms with Crippen molar-refractivity contribution in [2.45, 2.75) is 20.5 Å². The molecule has 122 valence electrons. The number of ether oxygens (including phenoxy) is 1. The van der Waals surface area contributed by atoms with E-state index < -0.39 is 6.61 Å². The number of hydrogen-bond acceptors (Lipinski definition) is 2. The monoisotopic (exact) mass is 356 g/mol. The van der Waals surface area contributed by atoms with Gasteiger partial charge in [0, 0.05) is 10.7 Å². The van der Waals surface area contributed by atoms with E-state index in [0.29, 0.717) is 10.7 Å². The Balaban J connectivity index is 2.15. The maximum Gasteiger partial charge on any atom is 0.387 e. The molecule has 2 rings (SSSR count). The van der Waals surface area contributed by atoms with Crippen molar-refractivity contribution in [2.24, 2.45) is 0 Å². The van der Waals surface area contributed by atoms with Crippen molar-refractivity contribution in [1.29, 1.82) is 0 Å². The molecule has 0 aliphatic heterocycles. The molecule has 0 fully saturated rings. The van der Waals surface area contributed by atoms with E-state index >= 15 is 0 Å². The molecule has 0 saturated carbocycles. The number of hydrogen-bond donors (Lipinski definition) is 2. The highest BCUT2D eigenvalue weighted by Gasteiger charge is 2.11. The number of aryl methyl sites for hydroxylation is 2. The Kier molecular flexibility index (Phi) is 5.74. The topological polar surface area (TPSA) is 33.3 Å². The van der Waals surface area contributed by atoms with Gasteiger partial charge in [0.25, 0.3) is 0 Å². The van der Waals surface area contributed by atoms with Gasteiger partial charge in [-0.15, -0.1) is 0 Å². The summed E-state index contributed by atoms with van der Waals surface area (Å²) in [6.07, 6.45) is 0. The molecule has 7 heteroatoms. The number of anilines is 2. The fourth-order valence-corrected chi connectivity index (χ4v) is 2.32. The molecule has 0 aromatic heterocycles. The molecule has 0 amide bonds. The van der Waals surface area contributed by atoms with Crippen LogP contribution in [0.5, 0.6) is 5.75 Å². The van der Waals surface area contributed by atoms with Crippen LogP contribution in [0, 0.1) is 13.8 Å². The molecule has 2 aromatic rings. The minimum absolute atomic E-state index is 0.0342. The first kappa shape index (κ1) is 17.4. The third kappa shape index (κ3) is 5.04. The maximum absolute atomic E-state index is 12.5. The Labute approximate surface area is 143 Å². The van der Waals surface area contributed by atoms with Gasteiger partial charge < -0.3 is 15.4 Å². The fourth-order valence-electron chi connectivity index (χ4n) is 1.93. The molecule has 2 aromatic carbocycles. The summed E-state index contributed by atoms with van der Waals surface area (Å²) in [5.41, 5.74) is 2.84. The second kappa shape index (κ2) is 7.57. The number of thiocarbonyl (C=S) groups is 1. The number of alkyl halides is 2. The van der Waals surface area contributed by atoms with E-state index in [4.69, 9.17) is 23.8 Å². The average molecular weight is 357 g/mol. The minimum atomic E-state index is -2.91. The van der Waals surface area contributed by atoms with Crippen LogP contribution in [-0.2, 0) is 0 Å². The second-order valence-electron chi connectivity index (χ2n) is 4.92. The minimum Gasteiger partial charge on any atom is -0.433 e. The molecule has 0 aliphatic carbocycles. The molecule has 0 bridgehead atoms. The predicted octanol–water partition coefficient (Wildman–Crippen LogP) is 5.37. The lowest BCUT2D eigenvalue weighted by Gasteiger charge is -2.16. The molecule has 23 heavy (non-hydrogen) atoms. The van der Waals surface area contributed by atoms with Gasteiger partial charge >= 0.3 is 6.61 Å². The molecule has 2 N–H and O–H groups in total. The van der Waals surface area contributed by atoms with Crippen LogP contribution in [0.2, 0.25) is 5.02 Å². The average Bonchev–Trinajstić information content (AvgIpc) is 2.45. The van der Waals surface area contributed by atoms with Crippen LogP contribution < -0.4 is 15.4 Å². The highest BCUT2D eigenvalue weighted by atomic mass is 35.5. The number of benzene rings is 2. The van der Waals surface area contributed by atoms with Gasteiger partial charge in [-0.25, -0.2) is 0 Å². The van der Waals surface area contributed by atoms with Crippen LogP contribution in [-0.4, -0.2) is 11.7 Å². The lowest BCUT2D eigenvalue weighted by atomic mass is 10.2. The molecule has 0 aliphatic rings. The highest BCUT2D eigenvalue weighted by Crippen LogP contribution is 2.28. The molecule has 0 heterocycles. The Morgan fingerprint density at radius 2 is 1.78 bits per heavy atom. The van der Waals surface area contributed by atoms with Crippen molar-refractivity contribution < 1.29 is 13.5 Å². The molecular weight excluding hydrogens is 342 g/mol. The lowest BCUT2D eigenvalue weighted by Crippen LogP contribution is -2.20. The van der Waals surface area contributed by atoms with Crippen LogP contribution in [0.15, 0.2) is 36.4 Å². The predicted molar refractivity (Wildman–Crippen MR) is 93.8 cm³/mol. The van der Waals surface area contributed by atoms with Gasteiger partial charge in [-0.3, -0.25) is 0 Å². The highest BCUT2D eigenvalue weighted by molar-refractivity contribution is 7.80. The van der Waals surface area contributed by atoms with E-state index in [1.807, 2.05) is 13.0 Å². The van der Waals surface area contributed by atoms with Crippen LogP contribution in [0.4, 0.5) is 20.2 Å². The van der Waals surface area contributed by atoms with Gasteiger partial charge in [0.2, 0.25) is 0 Å². The van der Waals surface area contributed by atoms with E-state index in [-0.39, 0.29) is 10.9 Å². The van der Waals surface area contributed by atoms with E-state index in [2.05, 4.69) is 15.4 Å². The third-order valence-electron chi connectivity index (χ3n) is 3.05. The third-order valence-corrected chi connectivity index (χ3v) is 3.49. The van der Waals surface area contributed by atoms with Gasteiger partial charge in [-0.1, -0.05) is 23.7 Å². The van der Waals surface area contributed by atoms with Crippen molar-refractivity contribution in [1.82, 2.24) is 0 Å². The van der Waals surface area contributed by atoms with E-state index in [1.165, 1.54) is 6.07 Å². The van der Waals surface area contributed by atoms with Crippen molar-refractivity contribution in [2.75, 3.05) is 10.6 Å². The quantitative estimate of drug-likeness (QED) is 0.722. The summed E-state index contributed by atoms with van der Waals surface area (Å²) < 4.78 is 29.5. The lowest BCUT2D eigenvalue weighted by molar-refractivity contribution is -0.0493. The number of rotatable bonds is 4. The second-order valence-corrected chi connectivity index (χ2v) is 5.76. The first-order valence-electron chi connectivity index (χ1n) is 6.75. The van der Waals surface area contributed by atoms with Crippen LogP contribution in [0.25, 0.3) is 0 Å². The summed E-state index contributed by atoms with van der Waals surface area (Å²) in [7, 11) is 0. The largest absolute Gasteiger partial charge is 0.433 e. The van der Waals surface area contributed by atoms with Crippen LogP contribution in [0.3, 0.4) is 0 Å². The molecular formula is C16H15ClF2N2OS. The summed E-state index contributed by atoms with van der Waals surface area (Å²) in [5, 5.41) is 6.66. The van der Waals surface area contributed by atoms with Crippen molar-refractivity contribution in [3.63, 3.8) is 0 Å². The zero-order chi connectivity index (χ0) is 17.0. The number of halogens is 3. The normalized spacial score (nSPS) is 10.5. The maximum atomic E-state index is 12.5. The van der Waals surface area contributed by atoms with Crippen LogP contribution in [0.1, 0.15) is 11.1 Å². The summed E-state index contributed by atoms with van der Waals surface area (Å²) in [6.45, 7) is 0.779. The molecule has 3 nitrogen and oxygen atoms in total. The number of nitrogens with one attached hydrogen (secondary N) is 2. The molecule has 0 saturated heterocycles. The smallest absolute Gasteiger partial charge is 0.387 e. The van der Waals surface area contributed by atoms with Crippen LogP contribution >= 0.6 is 23.8 Å². The Hall–Kier alpha value is -1.92. The van der Waals surface area contributed by atoms with Gasteiger partial charge in [0.15, 0.2) is 5.11 Å². The Bertz CT molecular complexity index is 725. The van der Waals surface area contributed by atoms with E-state index in [0.717, 1.165) is 16.8 Å². The summed E-state index contributed by atoms with van der Waals surface area (Å²) in [5.74, 6) is 0.0342. The zero-order valence-corrected chi connectivity index (χ0v) is 14.1. The van der Waals surface area contributed by atoms with Crippen molar-refractivity contribution in [3.05, 3.63) is 52.5 Å². The zero-order valence-electron chi connectivity index (χ0n) is 12.5. The standard InChI is InChI=1S/C16H15ClF2N2OS/c1-9-3-6-12(14(7-9)22-15(18)19)20-16(23)21-13-8-11(17)5-4-10(13)2/h3-8,15H,1-2H3,(H2,20,21,23). The van der Waals surface area contributed by atoms with Gasteiger partial charge in [-0.2, -0.15) is 8.78 Å². The van der Waals surface area contributed by atoms with Gasteiger partial charge in [0.05, 0.1) is 5.69 Å². The van der Waals surface area contributed by atoms with E-state index in [1.54, 1.807) is 31.2 Å². The Morgan fingerprint density at radius 1 is 1.09 bits per heavy atom. The van der Waals surface area contributed by atoms with Gasteiger partial charge in [-0.05, 0) is 61.5 Å². The summed E-state index contributed by atoms with van der Waals surface area (Å²) in [4.78, 5) is 0. The SMILES string of the molecule is Cc1ccc(NC(=S)Nc2cc(Cl)ccc2C)c(OC(F)F)c1. The molecule has 0 radical (unpaired) electrons. The van der Waals surface area contributed by atoms with Crippen molar-refractivity contribution >= 4 is 40.3 Å². The summed E-state index contributed by atoms with van der Waals surface area (Å²) in [6, 6.07) is 10.3. The van der Waals surface area contributed by atoms with E-state index in [9.17, 15) is 8.78 Å². The molecule has 0 atom stereocenters. The molecule has 0 spiro atoms. The van der Waals surface area contributed by atoms with Crippen molar-refractivity contribution in [3.8, 4) is 5.75 Å². The first-order valence-corrected chi connectivity index (χ1v) is 7.53. The Morgan fingerprint density at radius 3 is 2.48 bits per heavy atom. The molecule has 0 unspecified atom stereocenters. The fraction of sp³-hybridized carbons (Fsp3) is 0.188. The van der Waals surface area contributed by atoms with Gasteiger partial charge in [0.1, 0.15) is 5.75 Å². The first-order chi connectivity index (χ1) is 10.8. The summed E-state index contributed by atoms with van der Waals surface area (Å²) >= 11 is 11.2.